The van der Waals surface area contributed by atoms with E-state index in [1.54, 1.807) is 0 Å². The summed E-state index contributed by atoms with van der Waals surface area (Å²) in [5, 5.41) is 27.3. The predicted octanol–water partition coefficient (Wildman–Crippen LogP) is 3.61. The van der Waals surface area contributed by atoms with Crippen molar-refractivity contribution in [3.8, 4) is 0 Å². The van der Waals surface area contributed by atoms with Crippen LogP contribution in [0.4, 0.5) is 0 Å². The number of hydrogen-bond donors (Lipinski definition) is 3. The van der Waals surface area contributed by atoms with E-state index in [1.165, 1.54) is 19.3 Å². The van der Waals surface area contributed by atoms with Gasteiger partial charge >= 0.3 is 11.9 Å². The number of carboxylic acids is 2. The van der Waals surface area contributed by atoms with Crippen molar-refractivity contribution in [3.05, 3.63) is 12.2 Å². The van der Waals surface area contributed by atoms with Crippen LogP contribution in [0.25, 0.3) is 0 Å². The van der Waals surface area contributed by atoms with Crippen LogP contribution >= 0.6 is 0 Å². The van der Waals surface area contributed by atoms with Gasteiger partial charge in [0.25, 0.3) is 0 Å². The number of carbonyl (C=O) groups is 2. The van der Waals surface area contributed by atoms with Crippen LogP contribution in [0, 0.1) is 5.92 Å². The van der Waals surface area contributed by atoms with Crippen LogP contribution in [0.2, 0.25) is 0 Å². The van der Waals surface area contributed by atoms with Crippen molar-refractivity contribution >= 4 is 11.9 Å². The summed E-state index contributed by atoms with van der Waals surface area (Å²) in [4.78, 5) is 21.6. The molecule has 0 bridgehead atoms. The lowest BCUT2D eigenvalue weighted by Gasteiger charge is -2.17. The van der Waals surface area contributed by atoms with E-state index in [9.17, 15) is 14.7 Å². The van der Waals surface area contributed by atoms with Gasteiger partial charge in [-0.05, 0) is 32.1 Å². The molecule has 0 saturated carbocycles. The lowest BCUT2D eigenvalue weighted by Crippen LogP contribution is -2.30. The smallest absolute Gasteiger partial charge is 0.309 e. The number of unbranched alkanes of at least 4 members (excludes halogenated alkanes) is 6. The highest BCUT2D eigenvalue weighted by atomic mass is 16.4. The minimum absolute atomic E-state index is 0.323. The van der Waals surface area contributed by atoms with Crippen molar-refractivity contribution in [2.75, 3.05) is 0 Å². The first-order chi connectivity index (χ1) is 10.5. The molecule has 0 rings (SSSR count). The molecule has 22 heavy (non-hydrogen) atoms. The lowest BCUT2D eigenvalue weighted by molar-refractivity contribution is -0.148. The highest BCUT2D eigenvalue weighted by Crippen LogP contribution is 2.17. The van der Waals surface area contributed by atoms with Crippen molar-refractivity contribution in [1.82, 2.24) is 0 Å². The Labute approximate surface area is 133 Å². The van der Waals surface area contributed by atoms with Gasteiger partial charge in [0.2, 0.25) is 0 Å². The number of aliphatic hydroxyl groups excluding tert-OH is 1. The molecule has 0 aromatic heterocycles. The van der Waals surface area contributed by atoms with E-state index in [1.807, 2.05) is 0 Å². The van der Waals surface area contributed by atoms with Gasteiger partial charge in [-0.1, -0.05) is 44.8 Å². The molecule has 0 amide bonds. The molecule has 0 aromatic carbocycles. The maximum atomic E-state index is 11.0. The van der Waals surface area contributed by atoms with Crippen molar-refractivity contribution in [2.24, 2.45) is 5.92 Å². The minimum atomic E-state index is -1.31. The van der Waals surface area contributed by atoms with Crippen LogP contribution < -0.4 is 0 Å². The predicted molar refractivity (Wildman–Crippen MR) is 85.8 cm³/mol. The Morgan fingerprint density at radius 3 is 2.05 bits per heavy atom. The highest BCUT2D eigenvalue weighted by molar-refractivity contribution is 5.73. The molecule has 0 fully saturated rings. The summed E-state index contributed by atoms with van der Waals surface area (Å²) in [7, 11) is 0. The Morgan fingerprint density at radius 1 is 0.955 bits per heavy atom. The van der Waals surface area contributed by atoms with E-state index in [0.717, 1.165) is 25.7 Å². The van der Waals surface area contributed by atoms with E-state index < -0.39 is 30.4 Å². The van der Waals surface area contributed by atoms with E-state index in [2.05, 4.69) is 19.1 Å². The molecule has 5 heteroatoms. The first kappa shape index (κ1) is 20.6. The highest BCUT2D eigenvalue weighted by Gasteiger charge is 2.27. The second-order valence-corrected chi connectivity index (χ2v) is 5.72. The fourth-order valence-corrected chi connectivity index (χ4v) is 2.35. The molecule has 0 saturated heterocycles. The summed E-state index contributed by atoms with van der Waals surface area (Å²) in [5.74, 6) is -3.28. The number of allylic oxidation sites excluding steroid dienone is 2. The zero-order chi connectivity index (χ0) is 16.8. The lowest BCUT2D eigenvalue weighted by atomic mass is 9.93. The van der Waals surface area contributed by atoms with E-state index in [-0.39, 0.29) is 0 Å². The summed E-state index contributed by atoms with van der Waals surface area (Å²) in [6, 6.07) is 0. The third kappa shape index (κ3) is 11.3. The Hall–Kier alpha value is -1.36. The summed E-state index contributed by atoms with van der Waals surface area (Å²) in [6.07, 6.45) is 11.3. The molecule has 3 N–H and O–H groups in total. The molecule has 0 radical (unpaired) electrons. The molecule has 2 unspecified atom stereocenters. The van der Waals surface area contributed by atoms with Gasteiger partial charge in [0.1, 0.15) is 0 Å². The number of aliphatic hydroxyl groups is 1. The van der Waals surface area contributed by atoms with E-state index in [4.69, 9.17) is 10.2 Å². The summed E-state index contributed by atoms with van der Waals surface area (Å²) < 4.78 is 0. The van der Waals surface area contributed by atoms with Crippen LogP contribution in [-0.2, 0) is 9.59 Å². The van der Waals surface area contributed by atoms with Gasteiger partial charge in [0, 0.05) is 0 Å². The van der Waals surface area contributed by atoms with Gasteiger partial charge < -0.3 is 15.3 Å². The second-order valence-electron chi connectivity index (χ2n) is 5.72. The average molecular weight is 314 g/mol. The minimum Gasteiger partial charge on any atom is -0.481 e. The average Bonchev–Trinajstić information content (AvgIpc) is 2.43. The molecule has 0 spiro atoms. The SMILES string of the molecule is CCCCCC=CCCCCCC(C(=O)O)C(O)CC(=O)O. The van der Waals surface area contributed by atoms with Crippen LogP contribution in [0.15, 0.2) is 12.2 Å². The molecular formula is C17H30O5. The zero-order valence-electron chi connectivity index (χ0n) is 13.5. The van der Waals surface area contributed by atoms with Crippen LogP contribution in [0.1, 0.15) is 71.1 Å². The summed E-state index contributed by atoms with van der Waals surface area (Å²) in [5.41, 5.74) is 0. The fraction of sp³-hybridized carbons (Fsp3) is 0.765. The number of aliphatic carboxylic acids is 2. The first-order valence-electron chi connectivity index (χ1n) is 8.26. The Balaban J connectivity index is 3.77. The number of carboxylic acid groups (broad SMARTS) is 2. The molecule has 5 nitrogen and oxygen atoms in total. The van der Waals surface area contributed by atoms with Crippen molar-refractivity contribution in [1.29, 1.82) is 0 Å². The molecule has 0 aliphatic rings. The number of hydrogen-bond acceptors (Lipinski definition) is 3. The number of rotatable bonds is 14. The Morgan fingerprint density at radius 2 is 1.55 bits per heavy atom. The van der Waals surface area contributed by atoms with E-state index >= 15 is 0 Å². The third-order valence-electron chi connectivity index (χ3n) is 3.69. The monoisotopic (exact) mass is 314 g/mol. The molecule has 0 aliphatic carbocycles. The van der Waals surface area contributed by atoms with Gasteiger partial charge in [-0.15, -0.1) is 0 Å². The van der Waals surface area contributed by atoms with Gasteiger partial charge in [-0.25, -0.2) is 0 Å². The largest absolute Gasteiger partial charge is 0.481 e. The normalized spacial score (nSPS) is 14.1. The molecule has 0 aromatic rings. The molecule has 2 atom stereocenters. The van der Waals surface area contributed by atoms with Crippen molar-refractivity contribution < 1.29 is 24.9 Å². The first-order valence-corrected chi connectivity index (χ1v) is 8.26. The Kier molecular flexibility index (Phi) is 12.5. The van der Waals surface area contributed by atoms with Gasteiger partial charge in [-0.2, -0.15) is 0 Å². The van der Waals surface area contributed by atoms with Gasteiger partial charge in [0.15, 0.2) is 0 Å². The van der Waals surface area contributed by atoms with Crippen molar-refractivity contribution in [2.45, 2.75) is 77.2 Å². The summed E-state index contributed by atoms with van der Waals surface area (Å²) in [6.45, 7) is 2.18. The fourth-order valence-electron chi connectivity index (χ4n) is 2.35. The van der Waals surface area contributed by atoms with Crippen LogP contribution in [0.3, 0.4) is 0 Å². The van der Waals surface area contributed by atoms with E-state index in [0.29, 0.717) is 12.8 Å². The molecule has 128 valence electrons. The molecule has 0 aliphatic heterocycles. The molecule has 0 heterocycles. The standard InChI is InChI=1S/C17H30O5/c1-2-3-4-5-6-7-8-9-10-11-12-14(17(21)22)15(18)13-16(19)20/h6-7,14-15,18H,2-5,8-13H2,1H3,(H,19,20)(H,21,22). The van der Waals surface area contributed by atoms with Crippen LogP contribution in [0.5, 0.6) is 0 Å². The van der Waals surface area contributed by atoms with Crippen molar-refractivity contribution in [3.63, 3.8) is 0 Å². The summed E-state index contributed by atoms with van der Waals surface area (Å²) >= 11 is 0. The van der Waals surface area contributed by atoms with Gasteiger partial charge in [0.05, 0.1) is 18.4 Å². The third-order valence-corrected chi connectivity index (χ3v) is 3.69. The maximum absolute atomic E-state index is 11.0. The zero-order valence-corrected chi connectivity index (χ0v) is 13.5. The quantitative estimate of drug-likeness (QED) is 0.336. The van der Waals surface area contributed by atoms with Gasteiger partial charge in [-0.3, -0.25) is 9.59 Å². The molecular weight excluding hydrogens is 284 g/mol. The Bertz CT molecular complexity index is 338. The second kappa shape index (κ2) is 13.3. The van der Waals surface area contributed by atoms with Crippen LogP contribution in [-0.4, -0.2) is 33.4 Å². The topological polar surface area (TPSA) is 94.8 Å². The maximum Gasteiger partial charge on any atom is 0.309 e.